The molecule has 0 radical (unpaired) electrons. The van der Waals surface area contributed by atoms with Gasteiger partial charge in [-0.3, -0.25) is 0 Å². The highest BCUT2D eigenvalue weighted by atomic mass is 32.2. The number of hydrogen-bond acceptors (Lipinski definition) is 4. The van der Waals surface area contributed by atoms with Gasteiger partial charge in [-0.05, 0) is 37.6 Å². The van der Waals surface area contributed by atoms with Gasteiger partial charge in [0.25, 0.3) is 0 Å². The van der Waals surface area contributed by atoms with Crippen LogP contribution in [0.15, 0.2) is 18.2 Å². The molecular formula is C11H18N2O2S. The van der Waals surface area contributed by atoms with Gasteiger partial charge < -0.3 is 11.1 Å². The van der Waals surface area contributed by atoms with E-state index in [-0.39, 0.29) is 11.8 Å². The molecule has 3 N–H and O–H groups in total. The lowest BCUT2D eigenvalue weighted by Gasteiger charge is -2.15. The molecule has 1 unspecified atom stereocenters. The minimum atomic E-state index is -2.95. The predicted octanol–water partition coefficient (Wildman–Crippen LogP) is 1.42. The largest absolute Gasteiger partial charge is 0.399 e. The van der Waals surface area contributed by atoms with Crippen molar-refractivity contribution in [2.45, 2.75) is 19.9 Å². The lowest BCUT2D eigenvalue weighted by molar-refractivity contribution is 0.598. The minimum absolute atomic E-state index is 0.113. The van der Waals surface area contributed by atoms with Crippen LogP contribution in [0.3, 0.4) is 0 Å². The van der Waals surface area contributed by atoms with Crippen LogP contribution in [-0.2, 0) is 9.84 Å². The molecular weight excluding hydrogens is 224 g/mol. The number of sulfone groups is 1. The van der Waals surface area contributed by atoms with Crippen molar-refractivity contribution in [2.24, 2.45) is 0 Å². The lowest BCUT2D eigenvalue weighted by atomic mass is 10.2. The van der Waals surface area contributed by atoms with Gasteiger partial charge in [0.2, 0.25) is 0 Å². The molecule has 1 aromatic rings. The fourth-order valence-electron chi connectivity index (χ4n) is 1.55. The second-order valence-corrected chi connectivity index (χ2v) is 6.39. The summed E-state index contributed by atoms with van der Waals surface area (Å²) in [6.45, 7) is 3.76. The molecule has 0 aromatic heterocycles. The number of anilines is 2. The molecule has 4 nitrogen and oxygen atoms in total. The zero-order valence-corrected chi connectivity index (χ0v) is 10.6. The number of aryl methyl sites for hydroxylation is 1. The molecule has 0 spiro atoms. The highest BCUT2D eigenvalue weighted by Crippen LogP contribution is 2.17. The molecule has 0 aliphatic rings. The van der Waals surface area contributed by atoms with Gasteiger partial charge in [-0.25, -0.2) is 8.42 Å². The average Bonchev–Trinajstić information content (AvgIpc) is 2.08. The highest BCUT2D eigenvalue weighted by Gasteiger charge is 2.10. The zero-order valence-electron chi connectivity index (χ0n) is 9.82. The van der Waals surface area contributed by atoms with Crippen molar-refractivity contribution in [2.75, 3.05) is 23.1 Å². The Hall–Kier alpha value is -1.23. The van der Waals surface area contributed by atoms with E-state index in [1.807, 2.05) is 32.0 Å². The number of hydrogen-bond donors (Lipinski definition) is 2. The van der Waals surface area contributed by atoms with E-state index < -0.39 is 9.84 Å². The molecule has 16 heavy (non-hydrogen) atoms. The van der Waals surface area contributed by atoms with Gasteiger partial charge in [0, 0.05) is 23.7 Å². The standard InChI is InChI=1S/C11H18N2O2S/c1-8-6-10(4-5-11(8)12)13-9(2)7-16(3,14)15/h4-6,9,13H,7,12H2,1-3H3. The quantitative estimate of drug-likeness (QED) is 0.783. The lowest BCUT2D eigenvalue weighted by Crippen LogP contribution is -2.25. The molecule has 0 aliphatic carbocycles. The van der Waals surface area contributed by atoms with Crippen LogP contribution in [0.1, 0.15) is 12.5 Å². The molecule has 0 heterocycles. The van der Waals surface area contributed by atoms with Crippen LogP contribution in [0.5, 0.6) is 0 Å². The third-order valence-electron chi connectivity index (χ3n) is 2.24. The van der Waals surface area contributed by atoms with E-state index in [1.165, 1.54) is 6.26 Å². The first-order valence-corrected chi connectivity index (χ1v) is 7.14. The molecule has 1 aromatic carbocycles. The van der Waals surface area contributed by atoms with Gasteiger partial charge in [0.05, 0.1) is 5.75 Å². The van der Waals surface area contributed by atoms with Gasteiger partial charge in [0.15, 0.2) is 0 Å². The Morgan fingerprint density at radius 1 is 1.44 bits per heavy atom. The van der Waals surface area contributed by atoms with Gasteiger partial charge >= 0.3 is 0 Å². The van der Waals surface area contributed by atoms with E-state index in [1.54, 1.807) is 0 Å². The van der Waals surface area contributed by atoms with Crippen LogP contribution in [0, 0.1) is 6.92 Å². The molecule has 0 bridgehead atoms. The van der Waals surface area contributed by atoms with E-state index in [9.17, 15) is 8.42 Å². The third kappa shape index (κ3) is 4.10. The Morgan fingerprint density at radius 3 is 2.56 bits per heavy atom. The molecule has 0 fully saturated rings. The van der Waals surface area contributed by atoms with E-state index in [4.69, 9.17) is 5.73 Å². The van der Waals surface area contributed by atoms with Crippen LogP contribution in [0.25, 0.3) is 0 Å². The average molecular weight is 242 g/mol. The van der Waals surface area contributed by atoms with E-state index in [0.29, 0.717) is 0 Å². The number of rotatable bonds is 4. The fraction of sp³-hybridized carbons (Fsp3) is 0.455. The van der Waals surface area contributed by atoms with Gasteiger partial charge in [-0.2, -0.15) is 0 Å². The zero-order chi connectivity index (χ0) is 12.3. The summed E-state index contributed by atoms with van der Waals surface area (Å²) in [6.07, 6.45) is 1.24. The summed E-state index contributed by atoms with van der Waals surface area (Å²) in [7, 11) is -2.95. The van der Waals surface area contributed by atoms with Crippen molar-refractivity contribution in [3.05, 3.63) is 23.8 Å². The Kier molecular flexibility index (Phi) is 3.80. The second kappa shape index (κ2) is 4.74. The first kappa shape index (κ1) is 12.8. The summed E-state index contributed by atoms with van der Waals surface area (Å²) < 4.78 is 22.2. The number of nitrogen functional groups attached to an aromatic ring is 1. The third-order valence-corrected chi connectivity index (χ3v) is 3.34. The summed E-state index contributed by atoms with van der Waals surface area (Å²) >= 11 is 0. The molecule has 1 rings (SSSR count). The monoisotopic (exact) mass is 242 g/mol. The van der Waals surface area contributed by atoms with Gasteiger partial charge in [-0.15, -0.1) is 0 Å². The van der Waals surface area contributed by atoms with Crippen LogP contribution < -0.4 is 11.1 Å². The molecule has 0 saturated heterocycles. The van der Waals surface area contributed by atoms with Crippen molar-refractivity contribution >= 4 is 21.2 Å². The summed E-state index contributed by atoms with van der Waals surface area (Å²) in [5.74, 6) is 0.121. The van der Waals surface area contributed by atoms with E-state index >= 15 is 0 Å². The molecule has 5 heteroatoms. The van der Waals surface area contributed by atoms with Crippen molar-refractivity contribution < 1.29 is 8.42 Å². The minimum Gasteiger partial charge on any atom is -0.399 e. The SMILES string of the molecule is Cc1cc(NC(C)CS(C)(=O)=O)ccc1N. The van der Waals surface area contributed by atoms with Crippen LogP contribution in [0.2, 0.25) is 0 Å². The summed E-state index contributed by atoms with van der Waals surface area (Å²) in [4.78, 5) is 0. The number of nitrogens with two attached hydrogens (primary N) is 1. The van der Waals surface area contributed by atoms with Crippen molar-refractivity contribution in [1.82, 2.24) is 0 Å². The van der Waals surface area contributed by atoms with Crippen LogP contribution in [0.4, 0.5) is 11.4 Å². The Bertz CT molecular complexity index is 469. The van der Waals surface area contributed by atoms with E-state index in [0.717, 1.165) is 16.9 Å². The fourth-order valence-corrected chi connectivity index (χ4v) is 2.54. The maximum absolute atomic E-state index is 11.1. The van der Waals surface area contributed by atoms with Crippen LogP contribution >= 0.6 is 0 Å². The van der Waals surface area contributed by atoms with Gasteiger partial charge in [-0.1, -0.05) is 0 Å². The molecule has 0 saturated carbocycles. The number of benzene rings is 1. The topological polar surface area (TPSA) is 72.2 Å². The summed E-state index contributed by atoms with van der Waals surface area (Å²) in [6, 6.07) is 5.46. The molecule has 0 amide bonds. The molecule has 90 valence electrons. The highest BCUT2D eigenvalue weighted by molar-refractivity contribution is 7.90. The van der Waals surface area contributed by atoms with Gasteiger partial charge in [0.1, 0.15) is 9.84 Å². The summed E-state index contributed by atoms with van der Waals surface area (Å²) in [5, 5.41) is 3.13. The van der Waals surface area contributed by atoms with Crippen molar-refractivity contribution in [3.63, 3.8) is 0 Å². The first-order valence-electron chi connectivity index (χ1n) is 5.08. The Balaban J connectivity index is 2.70. The molecule has 0 aliphatic heterocycles. The maximum atomic E-state index is 11.1. The smallest absolute Gasteiger partial charge is 0.149 e. The Morgan fingerprint density at radius 2 is 2.06 bits per heavy atom. The Labute approximate surface area is 96.8 Å². The van der Waals surface area contributed by atoms with E-state index in [2.05, 4.69) is 5.32 Å². The molecule has 1 atom stereocenters. The first-order chi connectivity index (χ1) is 7.28. The summed E-state index contributed by atoms with van der Waals surface area (Å²) in [5.41, 5.74) is 8.31. The predicted molar refractivity (Wildman–Crippen MR) is 68.4 cm³/mol. The normalized spacial score (nSPS) is 13.4. The number of nitrogens with one attached hydrogen (secondary N) is 1. The van der Waals surface area contributed by atoms with Crippen LogP contribution in [-0.4, -0.2) is 26.5 Å². The second-order valence-electron chi connectivity index (χ2n) is 4.21. The van der Waals surface area contributed by atoms with Crippen molar-refractivity contribution in [3.8, 4) is 0 Å². The maximum Gasteiger partial charge on any atom is 0.149 e. The van der Waals surface area contributed by atoms with Crippen molar-refractivity contribution in [1.29, 1.82) is 0 Å².